The van der Waals surface area contributed by atoms with E-state index >= 15 is 0 Å². The van der Waals surface area contributed by atoms with Gasteiger partial charge in [-0.05, 0) is 37.0 Å². The fourth-order valence-electron chi connectivity index (χ4n) is 3.07. The van der Waals surface area contributed by atoms with Crippen molar-refractivity contribution in [2.24, 2.45) is 0 Å². The van der Waals surface area contributed by atoms with Crippen molar-refractivity contribution < 1.29 is 4.74 Å². The van der Waals surface area contributed by atoms with Crippen molar-refractivity contribution in [2.45, 2.75) is 40.2 Å². The maximum atomic E-state index is 13.3. The Labute approximate surface area is 173 Å². The van der Waals surface area contributed by atoms with E-state index in [0.717, 1.165) is 40.7 Å². The molecule has 0 N–H and O–H groups in total. The Morgan fingerprint density at radius 2 is 1.79 bits per heavy atom. The third-order valence-corrected chi connectivity index (χ3v) is 7.01. The summed E-state index contributed by atoms with van der Waals surface area (Å²) < 4.78 is 7.36. The van der Waals surface area contributed by atoms with Crippen molar-refractivity contribution in [3.8, 4) is 5.69 Å². The molecule has 28 heavy (non-hydrogen) atoms. The van der Waals surface area contributed by atoms with E-state index in [9.17, 15) is 4.79 Å². The molecule has 6 heteroatoms. The fraction of sp³-hybridized carbons (Fsp3) is 0.273. The van der Waals surface area contributed by atoms with Gasteiger partial charge in [0.05, 0.1) is 16.8 Å². The van der Waals surface area contributed by atoms with Gasteiger partial charge in [-0.15, -0.1) is 11.8 Å². The number of hydrogen-bond donors (Lipinski definition) is 0. The minimum atomic E-state index is -0.0760. The normalized spacial score (nSPS) is 16.8. The van der Waals surface area contributed by atoms with E-state index in [2.05, 4.69) is 17.2 Å². The van der Waals surface area contributed by atoms with Gasteiger partial charge in [0, 0.05) is 17.3 Å². The molecule has 1 saturated heterocycles. The number of benzene rings is 2. The van der Waals surface area contributed by atoms with Crippen molar-refractivity contribution in [1.82, 2.24) is 9.78 Å². The molecule has 0 radical (unpaired) electrons. The second kappa shape index (κ2) is 9.45. The van der Waals surface area contributed by atoms with Gasteiger partial charge in [0.2, 0.25) is 0 Å². The lowest BCUT2D eigenvalue weighted by Gasteiger charge is -2.22. The minimum absolute atomic E-state index is 0.0760. The summed E-state index contributed by atoms with van der Waals surface area (Å²) in [6, 6.07) is 19.8. The summed E-state index contributed by atoms with van der Waals surface area (Å²) in [5, 5.41) is 4.44. The van der Waals surface area contributed by atoms with Crippen LogP contribution in [-0.4, -0.2) is 21.8 Å². The topological polar surface area (TPSA) is 44.1 Å². The van der Waals surface area contributed by atoms with Crippen LogP contribution < -0.4 is 5.56 Å². The van der Waals surface area contributed by atoms with E-state index in [1.165, 1.54) is 16.7 Å². The molecule has 2 aromatic carbocycles. The van der Waals surface area contributed by atoms with Crippen LogP contribution in [0.2, 0.25) is 0 Å². The molecule has 4 rings (SSSR count). The summed E-state index contributed by atoms with van der Waals surface area (Å²) in [6.45, 7) is 0.790. The molecule has 0 amide bonds. The number of rotatable bonds is 6. The Morgan fingerprint density at radius 1 is 1.04 bits per heavy atom. The van der Waals surface area contributed by atoms with Crippen molar-refractivity contribution >= 4 is 23.5 Å². The lowest BCUT2D eigenvalue weighted by atomic mass is 10.2. The molecule has 3 aromatic rings. The van der Waals surface area contributed by atoms with Crippen LogP contribution in [0.3, 0.4) is 0 Å². The number of ether oxygens (including phenoxy) is 1. The minimum Gasteiger partial charge on any atom is -0.367 e. The molecule has 0 aliphatic carbocycles. The second-order valence-electron chi connectivity index (χ2n) is 6.58. The Bertz CT molecular complexity index is 955. The highest BCUT2D eigenvalue weighted by molar-refractivity contribution is 8.02. The van der Waals surface area contributed by atoms with E-state index in [1.54, 1.807) is 23.5 Å². The van der Waals surface area contributed by atoms with E-state index < -0.39 is 0 Å². The molecule has 0 unspecified atom stereocenters. The van der Waals surface area contributed by atoms with Gasteiger partial charge in [0.1, 0.15) is 5.44 Å². The molecular weight excluding hydrogens is 388 g/mol. The first kappa shape index (κ1) is 19.3. The van der Waals surface area contributed by atoms with Gasteiger partial charge >= 0.3 is 0 Å². The van der Waals surface area contributed by atoms with Gasteiger partial charge in [-0.3, -0.25) is 4.79 Å². The second-order valence-corrected chi connectivity index (χ2v) is 8.77. The molecule has 1 fully saturated rings. The Morgan fingerprint density at radius 3 is 2.50 bits per heavy atom. The standard InChI is InChI=1S/C22H22N2O2S2/c25-22-21(27-16-17-9-3-1-4-10-17)19(28-20-13-7-8-14-26-20)15-23-24(22)18-11-5-2-6-12-18/h1-6,9-12,15,20H,7-8,13-14,16H2/t20-/m1/s1. The van der Waals surface area contributed by atoms with Crippen LogP contribution in [0.4, 0.5) is 0 Å². The molecule has 0 bridgehead atoms. The van der Waals surface area contributed by atoms with Gasteiger partial charge in [0.25, 0.3) is 5.56 Å². The predicted molar refractivity (Wildman–Crippen MR) is 115 cm³/mol. The molecule has 2 heterocycles. The van der Waals surface area contributed by atoms with Crippen LogP contribution in [0.5, 0.6) is 0 Å². The first-order valence-electron chi connectivity index (χ1n) is 9.44. The van der Waals surface area contributed by atoms with Crippen LogP contribution in [0, 0.1) is 0 Å². The highest BCUT2D eigenvalue weighted by Gasteiger charge is 2.20. The zero-order chi connectivity index (χ0) is 19.2. The number of para-hydroxylation sites is 1. The highest BCUT2D eigenvalue weighted by atomic mass is 32.2. The quantitative estimate of drug-likeness (QED) is 0.526. The molecule has 1 aromatic heterocycles. The van der Waals surface area contributed by atoms with E-state index in [4.69, 9.17) is 4.74 Å². The molecule has 0 spiro atoms. The van der Waals surface area contributed by atoms with Gasteiger partial charge in [-0.2, -0.15) is 9.78 Å². The summed E-state index contributed by atoms with van der Waals surface area (Å²) in [5.74, 6) is 0.744. The lowest BCUT2D eigenvalue weighted by molar-refractivity contribution is 0.0727. The zero-order valence-electron chi connectivity index (χ0n) is 15.5. The van der Waals surface area contributed by atoms with Crippen molar-refractivity contribution in [3.05, 3.63) is 82.8 Å². The summed E-state index contributed by atoms with van der Waals surface area (Å²) in [5.41, 5.74) is 1.99. The first-order valence-corrected chi connectivity index (χ1v) is 11.3. The van der Waals surface area contributed by atoms with Crippen LogP contribution in [-0.2, 0) is 10.5 Å². The van der Waals surface area contributed by atoms with Crippen molar-refractivity contribution in [3.63, 3.8) is 0 Å². The lowest BCUT2D eigenvalue weighted by Crippen LogP contribution is -2.24. The maximum Gasteiger partial charge on any atom is 0.286 e. The summed E-state index contributed by atoms with van der Waals surface area (Å²) in [4.78, 5) is 14.9. The van der Waals surface area contributed by atoms with Gasteiger partial charge in [-0.1, -0.05) is 60.3 Å². The predicted octanol–water partition coefficient (Wildman–Crippen LogP) is 5.14. The van der Waals surface area contributed by atoms with Gasteiger partial charge < -0.3 is 4.74 Å². The highest BCUT2D eigenvalue weighted by Crippen LogP contribution is 2.35. The van der Waals surface area contributed by atoms with Crippen LogP contribution >= 0.6 is 23.5 Å². The Hall–Kier alpha value is -2.02. The van der Waals surface area contributed by atoms with E-state index in [-0.39, 0.29) is 11.0 Å². The van der Waals surface area contributed by atoms with Crippen LogP contribution in [0.25, 0.3) is 5.69 Å². The average molecular weight is 411 g/mol. The largest absolute Gasteiger partial charge is 0.367 e. The molecule has 1 atom stereocenters. The summed E-state index contributed by atoms with van der Waals surface area (Å²) in [7, 11) is 0. The molecule has 1 aliphatic rings. The summed E-state index contributed by atoms with van der Waals surface area (Å²) >= 11 is 3.20. The van der Waals surface area contributed by atoms with Crippen molar-refractivity contribution in [2.75, 3.05) is 6.61 Å². The smallest absolute Gasteiger partial charge is 0.286 e. The van der Waals surface area contributed by atoms with Gasteiger partial charge in [-0.25, -0.2) is 0 Å². The molecule has 1 aliphatic heterocycles. The SMILES string of the molecule is O=c1c(SCc2ccccc2)c(S[C@@H]2CCCCO2)cnn1-c1ccccc1. The van der Waals surface area contributed by atoms with Crippen LogP contribution in [0.15, 0.2) is 81.4 Å². The molecule has 0 saturated carbocycles. The molecule has 4 nitrogen and oxygen atoms in total. The first-order chi connectivity index (χ1) is 13.8. The zero-order valence-corrected chi connectivity index (χ0v) is 17.1. The third kappa shape index (κ3) is 4.69. The Kier molecular flexibility index (Phi) is 6.52. The fourth-order valence-corrected chi connectivity index (χ4v) is 5.33. The number of aromatic nitrogens is 2. The van der Waals surface area contributed by atoms with E-state index in [0.29, 0.717) is 0 Å². The summed E-state index contributed by atoms with van der Waals surface area (Å²) in [6.07, 6.45) is 5.10. The van der Waals surface area contributed by atoms with Crippen LogP contribution in [0.1, 0.15) is 24.8 Å². The monoisotopic (exact) mass is 410 g/mol. The number of thioether (sulfide) groups is 2. The van der Waals surface area contributed by atoms with E-state index in [1.807, 2.05) is 54.7 Å². The average Bonchev–Trinajstić information content (AvgIpc) is 2.75. The maximum absolute atomic E-state index is 13.3. The Balaban J connectivity index is 1.66. The van der Waals surface area contributed by atoms with Gasteiger partial charge in [0.15, 0.2) is 0 Å². The molecule has 144 valence electrons. The third-order valence-electron chi connectivity index (χ3n) is 4.52. The number of nitrogens with zero attached hydrogens (tertiary/aromatic N) is 2. The van der Waals surface area contributed by atoms with Crippen molar-refractivity contribution in [1.29, 1.82) is 0 Å². The molecular formula is C22H22N2O2S2. The number of hydrogen-bond acceptors (Lipinski definition) is 5.